The number of benzene rings is 4. The zero-order valence-electron chi connectivity index (χ0n) is 33.6. The number of ether oxygens (including phenoxy) is 2. The summed E-state index contributed by atoms with van der Waals surface area (Å²) >= 11 is 0. The number of aromatic nitrogens is 4. The molecule has 18 heteroatoms. The summed E-state index contributed by atoms with van der Waals surface area (Å²) in [6.07, 6.45) is 6.27. The third kappa shape index (κ3) is 12.9. The first-order valence-corrected chi connectivity index (χ1v) is 22.1. The van der Waals surface area contributed by atoms with Crippen LogP contribution in [0.3, 0.4) is 0 Å². The topological polar surface area (TPSA) is 249 Å². The van der Waals surface area contributed by atoms with Crippen molar-refractivity contribution >= 4 is 48.2 Å². The first-order valence-electron chi connectivity index (χ1n) is 19.2. The lowest BCUT2D eigenvalue weighted by Gasteiger charge is -2.18. The van der Waals surface area contributed by atoms with E-state index >= 15 is 0 Å². The average Bonchev–Trinajstić information content (AvgIpc) is 3.92. The maximum absolute atomic E-state index is 12.1. The van der Waals surface area contributed by atoms with Crippen LogP contribution < -0.4 is 10.6 Å². The van der Waals surface area contributed by atoms with Crippen LogP contribution in [-0.2, 0) is 34.5 Å². The number of nitrogens with one attached hydrogen (secondary N) is 4. The highest BCUT2D eigenvalue weighted by Gasteiger charge is 2.19. The molecular weight excluding hydrogens is 823 g/mol. The minimum atomic E-state index is -4.33. The molecular formula is C43H47N7O9S2. The normalized spacial score (nSPS) is 13.5. The number of carbonyl (C=O) groups excluding carboxylic acids is 1. The molecule has 2 aromatic heterocycles. The van der Waals surface area contributed by atoms with Gasteiger partial charge < -0.3 is 30.1 Å². The van der Waals surface area contributed by atoms with Crippen LogP contribution in [0, 0.1) is 11.3 Å². The molecule has 0 saturated carbocycles. The number of allylic oxidation sites excluding steroid dienone is 3. The van der Waals surface area contributed by atoms with Crippen molar-refractivity contribution < 1.29 is 40.2 Å². The highest BCUT2D eigenvalue weighted by molar-refractivity contribution is 7.85. The van der Waals surface area contributed by atoms with E-state index in [0.29, 0.717) is 35.2 Å². The number of amides is 1. The number of fused-ring (bicyclic) bond motifs is 2. The van der Waals surface area contributed by atoms with E-state index in [2.05, 4.69) is 36.6 Å². The lowest BCUT2D eigenvalue weighted by molar-refractivity contribution is -0.117. The Morgan fingerprint density at radius 3 is 1.67 bits per heavy atom. The fraction of sp³-hybridized carbons (Fsp3) is 0.256. The van der Waals surface area contributed by atoms with E-state index in [1.807, 2.05) is 78.9 Å². The Balaban J connectivity index is 0.000000174. The highest BCUT2D eigenvalue weighted by Crippen LogP contribution is 2.29. The second-order valence-corrected chi connectivity index (χ2v) is 16.3. The molecule has 0 bridgehead atoms. The third-order valence-electron chi connectivity index (χ3n) is 9.23. The second kappa shape index (κ2) is 21.9. The number of carbonyl (C=O) groups is 1. The number of para-hydroxylation sites is 2. The Morgan fingerprint density at radius 1 is 0.721 bits per heavy atom. The number of nitrogens with zero attached hydrogens (tertiary/aromatic N) is 3. The van der Waals surface area contributed by atoms with E-state index < -0.39 is 30.5 Å². The van der Waals surface area contributed by atoms with Crippen LogP contribution in [0.2, 0.25) is 0 Å². The molecule has 0 aliphatic heterocycles. The largest absolute Gasteiger partial charge is 0.388 e. The Labute approximate surface area is 354 Å². The number of nitriles is 1. The first kappa shape index (κ1) is 45.9. The molecule has 0 fully saturated rings. The van der Waals surface area contributed by atoms with Crippen molar-refractivity contribution in [3.8, 4) is 28.3 Å². The average molecular weight is 870 g/mol. The summed E-state index contributed by atoms with van der Waals surface area (Å²) in [5, 5.41) is 14.6. The number of hydrogen-bond acceptors (Lipinski definition) is 11. The van der Waals surface area contributed by atoms with E-state index in [1.54, 1.807) is 38.5 Å². The molecule has 4 aromatic carbocycles. The van der Waals surface area contributed by atoms with Gasteiger partial charge in [0.15, 0.2) is 0 Å². The summed E-state index contributed by atoms with van der Waals surface area (Å²) in [6.45, 7) is 2.65. The minimum absolute atomic E-state index is 0.221. The zero-order chi connectivity index (χ0) is 43.8. The number of aromatic amines is 2. The van der Waals surface area contributed by atoms with Gasteiger partial charge in [-0.05, 0) is 67.0 Å². The lowest BCUT2D eigenvalue weighted by atomic mass is 9.95. The van der Waals surface area contributed by atoms with Crippen molar-refractivity contribution in [1.29, 1.82) is 5.26 Å². The number of methoxy groups -OCH3 is 2. The Hall–Kier alpha value is -6.20. The Bertz CT molecular complexity index is 2600. The third-order valence-corrected chi connectivity index (χ3v) is 10.6. The zero-order valence-corrected chi connectivity index (χ0v) is 35.2. The summed E-state index contributed by atoms with van der Waals surface area (Å²) < 4.78 is 72.5. The lowest BCUT2D eigenvalue weighted by Crippen LogP contribution is -2.27. The number of rotatable bonds is 14. The van der Waals surface area contributed by atoms with Crippen LogP contribution in [-0.4, -0.2) is 92.3 Å². The summed E-state index contributed by atoms with van der Waals surface area (Å²) in [5.41, 5.74) is 7.76. The molecule has 0 spiro atoms. The minimum Gasteiger partial charge on any atom is -0.388 e. The van der Waals surface area contributed by atoms with E-state index in [1.165, 1.54) is 0 Å². The van der Waals surface area contributed by atoms with Crippen LogP contribution in [0.5, 0.6) is 0 Å². The van der Waals surface area contributed by atoms with Gasteiger partial charge in [0, 0.05) is 57.3 Å². The highest BCUT2D eigenvalue weighted by atomic mass is 32.2. The molecule has 0 saturated heterocycles. The summed E-state index contributed by atoms with van der Waals surface area (Å²) in [4.78, 5) is 25.3. The smallest absolute Gasteiger partial charge is 0.328 e. The van der Waals surface area contributed by atoms with Crippen molar-refractivity contribution in [2.75, 3.05) is 40.5 Å². The summed E-state index contributed by atoms with van der Waals surface area (Å²) in [6, 6.07) is 31.8. The molecule has 6 N–H and O–H groups in total. The van der Waals surface area contributed by atoms with Gasteiger partial charge in [0.05, 0.1) is 22.1 Å². The molecule has 320 valence electrons. The molecule has 16 nitrogen and oxygen atoms in total. The molecule has 0 atom stereocenters. The monoisotopic (exact) mass is 869 g/mol. The molecule has 1 amide bonds. The standard InChI is InChI=1S/C17H27N3O3.2C13H10N2O3S/c1-22-10-4-8-19-15-7-3-6-14(12-15)16(13-18)17(21)20-9-5-11-23-2;2*16-19(17,18)13-14-11-8-4-7-10(12(11)15-13)9-5-2-1-3-6-9/h12,19H,3-11H2,1-2H3,(H,20,21);2*1-8H,(H,14,15)(H,16,17,18)/b16-14-;;. The molecule has 0 unspecified atom stereocenters. The van der Waals surface area contributed by atoms with Gasteiger partial charge in [0.1, 0.15) is 11.6 Å². The maximum atomic E-state index is 12.1. The van der Waals surface area contributed by atoms with Crippen molar-refractivity contribution in [3.63, 3.8) is 0 Å². The Morgan fingerprint density at radius 2 is 1.21 bits per heavy atom. The fourth-order valence-corrected chi connectivity index (χ4v) is 7.26. The van der Waals surface area contributed by atoms with Gasteiger partial charge in [-0.25, -0.2) is 9.97 Å². The summed E-state index contributed by atoms with van der Waals surface area (Å²) in [7, 11) is -5.35. The maximum Gasteiger partial charge on any atom is 0.328 e. The van der Waals surface area contributed by atoms with Gasteiger partial charge in [-0.1, -0.05) is 84.9 Å². The number of H-pyrrole nitrogens is 2. The van der Waals surface area contributed by atoms with Crippen molar-refractivity contribution in [2.24, 2.45) is 0 Å². The van der Waals surface area contributed by atoms with E-state index in [9.17, 15) is 26.9 Å². The van der Waals surface area contributed by atoms with E-state index in [-0.39, 0.29) is 11.5 Å². The van der Waals surface area contributed by atoms with Gasteiger partial charge in [-0.15, -0.1) is 0 Å². The van der Waals surface area contributed by atoms with Gasteiger partial charge in [0.25, 0.3) is 16.2 Å². The van der Waals surface area contributed by atoms with Crippen LogP contribution in [0.25, 0.3) is 44.3 Å². The van der Waals surface area contributed by atoms with Crippen molar-refractivity contribution in [2.45, 2.75) is 42.4 Å². The van der Waals surface area contributed by atoms with Crippen LogP contribution in [0.4, 0.5) is 0 Å². The van der Waals surface area contributed by atoms with Crippen molar-refractivity contribution in [3.05, 3.63) is 120 Å². The van der Waals surface area contributed by atoms with Crippen LogP contribution >= 0.6 is 0 Å². The molecule has 1 aliphatic rings. The van der Waals surface area contributed by atoms with Crippen molar-refractivity contribution in [1.82, 2.24) is 30.6 Å². The molecule has 0 radical (unpaired) electrons. The van der Waals surface area contributed by atoms with Gasteiger partial charge in [-0.3, -0.25) is 13.9 Å². The predicted molar refractivity (Wildman–Crippen MR) is 231 cm³/mol. The second-order valence-electron chi connectivity index (χ2n) is 13.6. The quantitative estimate of drug-likeness (QED) is 0.0292. The Kier molecular flexibility index (Phi) is 16.5. The first-order chi connectivity index (χ1) is 29.3. The van der Waals surface area contributed by atoms with Crippen LogP contribution in [0.15, 0.2) is 130 Å². The number of imidazole rings is 2. The molecule has 7 rings (SSSR count). The van der Waals surface area contributed by atoms with Gasteiger partial charge >= 0.3 is 20.2 Å². The molecule has 6 aromatic rings. The summed E-state index contributed by atoms with van der Waals surface area (Å²) in [5.74, 6) is -0.296. The van der Waals surface area contributed by atoms with Gasteiger partial charge in [0.2, 0.25) is 0 Å². The van der Waals surface area contributed by atoms with Crippen LogP contribution in [0.1, 0.15) is 32.1 Å². The van der Waals surface area contributed by atoms with E-state index in [4.69, 9.17) is 18.6 Å². The SMILES string of the molecule is COCCCNC(=O)/C(C#N)=C1\C=C(NCCCOC)CCC1.O=S(=O)(O)c1nc2c(-c3ccccc3)cccc2[nH]1.O=S(=O)(O)c1nc2c(-c3ccccc3)cccc2[nH]1. The number of hydrogen-bond donors (Lipinski definition) is 6. The molecule has 2 heterocycles. The van der Waals surface area contributed by atoms with E-state index in [0.717, 1.165) is 78.8 Å². The molecule has 61 heavy (non-hydrogen) atoms. The predicted octanol–water partition coefficient (Wildman–Crippen LogP) is 6.61. The van der Waals surface area contributed by atoms with Gasteiger partial charge in [-0.2, -0.15) is 22.1 Å². The molecule has 1 aliphatic carbocycles. The fourth-order valence-electron chi connectivity index (χ4n) is 6.37.